The minimum Gasteiger partial charge on any atom is -0.483 e. The zero-order valence-electron chi connectivity index (χ0n) is 10.8. The minimum atomic E-state index is 0.222. The third-order valence-corrected chi connectivity index (χ3v) is 4.11. The normalized spacial score (nSPS) is 10.6. The Balaban J connectivity index is 1.74. The third-order valence-electron chi connectivity index (χ3n) is 2.76. The summed E-state index contributed by atoms with van der Waals surface area (Å²) in [5.74, 6) is 1.63. The molecule has 0 aliphatic heterocycles. The summed E-state index contributed by atoms with van der Waals surface area (Å²) in [5, 5.41) is 8.04. The number of benzene rings is 2. The second kappa shape index (κ2) is 6.41. The van der Waals surface area contributed by atoms with Crippen molar-refractivity contribution >= 4 is 31.9 Å². The van der Waals surface area contributed by atoms with E-state index in [0.29, 0.717) is 11.8 Å². The van der Waals surface area contributed by atoms with E-state index < -0.39 is 0 Å². The van der Waals surface area contributed by atoms with Crippen LogP contribution in [0.25, 0.3) is 11.5 Å². The Morgan fingerprint density at radius 1 is 0.905 bits per heavy atom. The number of ether oxygens (including phenoxy) is 1. The van der Waals surface area contributed by atoms with Gasteiger partial charge in [0.15, 0.2) is 6.61 Å². The summed E-state index contributed by atoms with van der Waals surface area (Å²) < 4.78 is 13.1. The van der Waals surface area contributed by atoms with Gasteiger partial charge in [0.05, 0.1) is 10.0 Å². The summed E-state index contributed by atoms with van der Waals surface area (Å²) >= 11 is 6.89. The van der Waals surface area contributed by atoms with Crippen LogP contribution in [0.5, 0.6) is 5.75 Å². The SMILES string of the molecule is Brc1ccccc1OCc1nnc(-c2ccccc2Br)o1. The topological polar surface area (TPSA) is 48.2 Å². The summed E-state index contributed by atoms with van der Waals surface area (Å²) in [5.41, 5.74) is 0.858. The van der Waals surface area contributed by atoms with Crippen molar-refractivity contribution in [1.29, 1.82) is 0 Å². The molecule has 3 rings (SSSR count). The fourth-order valence-electron chi connectivity index (χ4n) is 1.76. The van der Waals surface area contributed by atoms with Crippen molar-refractivity contribution in [2.75, 3.05) is 0 Å². The lowest BCUT2D eigenvalue weighted by Gasteiger charge is -2.04. The minimum absolute atomic E-state index is 0.222. The van der Waals surface area contributed by atoms with Gasteiger partial charge in [-0.3, -0.25) is 0 Å². The first-order chi connectivity index (χ1) is 10.2. The number of rotatable bonds is 4. The van der Waals surface area contributed by atoms with Crippen LogP contribution < -0.4 is 4.74 Å². The predicted molar refractivity (Wildman–Crippen MR) is 85.9 cm³/mol. The highest BCUT2D eigenvalue weighted by molar-refractivity contribution is 9.11. The lowest BCUT2D eigenvalue weighted by molar-refractivity contribution is 0.263. The van der Waals surface area contributed by atoms with Gasteiger partial charge in [-0.15, -0.1) is 10.2 Å². The van der Waals surface area contributed by atoms with E-state index in [9.17, 15) is 0 Å². The van der Waals surface area contributed by atoms with Gasteiger partial charge in [-0.05, 0) is 56.1 Å². The zero-order valence-corrected chi connectivity index (χ0v) is 14.0. The Hall–Kier alpha value is -1.66. The second-order valence-electron chi connectivity index (χ2n) is 4.20. The molecule has 0 bridgehead atoms. The Morgan fingerprint density at radius 2 is 1.62 bits per heavy atom. The fourth-order valence-corrected chi connectivity index (χ4v) is 2.61. The molecule has 0 aliphatic rings. The highest BCUT2D eigenvalue weighted by Crippen LogP contribution is 2.28. The molecule has 0 amide bonds. The molecule has 21 heavy (non-hydrogen) atoms. The van der Waals surface area contributed by atoms with E-state index in [1.807, 2.05) is 48.5 Å². The van der Waals surface area contributed by atoms with Crippen LogP contribution in [0.2, 0.25) is 0 Å². The average molecular weight is 410 g/mol. The van der Waals surface area contributed by atoms with Crippen molar-refractivity contribution < 1.29 is 9.15 Å². The van der Waals surface area contributed by atoms with Gasteiger partial charge in [0.2, 0.25) is 5.89 Å². The molecule has 0 atom stereocenters. The lowest BCUT2D eigenvalue weighted by atomic mass is 10.2. The molecule has 0 saturated carbocycles. The Bertz CT molecular complexity index is 759. The maximum atomic E-state index is 5.65. The van der Waals surface area contributed by atoms with Crippen LogP contribution in [0.1, 0.15) is 5.89 Å². The van der Waals surface area contributed by atoms with E-state index in [1.54, 1.807) is 0 Å². The molecule has 1 aromatic heterocycles. The van der Waals surface area contributed by atoms with Gasteiger partial charge in [0.1, 0.15) is 5.75 Å². The van der Waals surface area contributed by atoms with Crippen molar-refractivity contribution in [3.8, 4) is 17.2 Å². The molecule has 6 heteroatoms. The number of nitrogens with zero attached hydrogens (tertiary/aromatic N) is 2. The molecule has 0 radical (unpaired) electrons. The third kappa shape index (κ3) is 3.33. The summed E-state index contributed by atoms with van der Waals surface area (Å²) in [6.45, 7) is 0.222. The number of hydrogen-bond donors (Lipinski definition) is 0. The van der Waals surface area contributed by atoms with Gasteiger partial charge in [0, 0.05) is 4.47 Å². The molecule has 1 heterocycles. The monoisotopic (exact) mass is 408 g/mol. The summed E-state index contributed by atoms with van der Waals surface area (Å²) in [4.78, 5) is 0. The van der Waals surface area contributed by atoms with Gasteiger partial charge in [-0.1, -0.05) is 24.3 Å². The van der Waals surface area contributed by atoms with Crippen LogP contribution in [-0.2, 0) is 6.61 Å². The van der Waals surface area contributed by atoms with Gasteiger partial charge in [-0.2, -0.15) is 0 Å². The molecule has 0 N–H and O–H groups in total. The Labute approximate surface area is 138 Å². The molecular weight excluding hydrogens is 400 g/mol. The van der Waals surface area contributed by atoms with Crippen LogP contribution in [0.4, 0.5) is 0 Å². The molecule has 3 aromatic rings. The lowest BCUT2D eigenvalue weighted by Crippen LogP contribution is -1.96. The van der Waals surface area contributed by atoms with Gasteiger partial charge in [0.25, 0.3) is 5.89 Å². The molecule has 0 fully saturated rings. The maximum absolute atomic E-state index is 5.65. The number of hydrogen-bond acceptors (Lipinski definition) is 4. The fraction of sp³-hybridized carbons (Fsp3) is 0.0667. The predicted octanol–water partition coefficient (Wildman–Crippen LogP) is 4.84. The van der Waals surface area contributed by atoms with E-state index in [0.717, 1.165) is 20.3 Å². The summed E-state index contributed by atoms with van der Waals surface area (Å²) in [6, 6.07) is 15.3. The van der Waals surface area contributed by atoms with E-state index >= 15 is 0 Å². The largest absolute Gasteiger partial charge is 0.483 e. The quantitative estimate of drug-likeness (QED) is 0.618. The number of halogens is 2. The van der Waals surface area contributed by atoms with Gasteiger partial charge >= 0.3 is 0 Å². The van der Waals surface area contributed by atoms with E-state index in [2.05, 4.69) is 42.1 Å². The molecular formula is C15H10Br2N2O2. The zero-order chi connectivity index (χ0) is 14.7. The Morgan fingerprint density at radius 3 is 2.38 bits per heavy atom. The van der Waals surface area contributed by atoms with Crippen molar-refractivity contribution in [1.82, 2.24) is 10.2 Å². The molecule has 2 aromatic carbocycles. The smallest absolute Gasteiger partial charge is 0.254 e. The van der Waals surface area contributed by atoms with Gasteiger partial charge < -0.3 is 9.15 Å². The van der Waals surface area contributed by atoms with Crippen LogP contribution in [0.3, 0.4) is 0 Å². The van der Waals surface area contributed by atoms with Crippen molar-refractivity contribution in [3.05, 3.63) is 63.4 Å². The maximum Gasteiger partial charge on any atom is 0.254 e. The molecule has 4 nitrogen and oxygen atoms in total. The van der Waals surface area contributed by atoms with Gasteiger partial charge in [-0.25, -0.2) is 0 Å². The second-order valence-corrected chi connectivity index (χ2v) is 5.91. The van der Waals surface area contributed by atoms with Crippen LogP contribution in [0, 0.1) is 0 Å². The Kier molecular flexibility index (Phi) is 4.36. The summed E-state index contributed by atoms with van der Waals surface area (Å²) in [6.07, 6.45) is 0. The molecule has 0 spiro atoms. The highest BCUT2D eigenvalue weighted by atomic mass is 79.9. The first kappa shape index (κ1) is 14.3. The number of para-hydroxylation sites is 1. The van der Waals surface area contributed by atoms with Crippen LogP contribution in [0.15, 0.2) is 61.9 Å². The van der Waals surface area contributed by atoms with Crippen molar-refractivity contribution in [3.63, 3.8) is 0 Å². The van der Waals surface area contributed by atoms with Crippen LogP contribution >= 0.6 is 31.9 Å². The molecule has 0 unspecified atom stereocenters. The van der Waals surface area contributed by atoms with Crippen LogP contribution in [-0.4, -0.2) is 10.2 Å². The van der Waals surface area contributed by atoms with E-state index in [-0.39, 0.29) is 6.61 Å². The molecule has 0 aliphatic carbocycles. The van der Waals surface area contributed by atoms with Crippen molar-refractivity contribution in [2.45, 2.75) is 6.61 Å². The highest BCUT2D eigenvalue weighted by Gasteiger charge is 2.12. The first-order valence-electron chi connectivity index (χ1n) is 6.18. The van der Waals surface area contributed by atoms with Crippen molar-refractivity contribution in [2.24, 2.45) is 0 Å². The first-order valence-corrected chi connectivity index (χ1v) is 7.77. The van der Waals surface area contributed by atoms with E-state index in [4.69, 9.17) is 9.15 Å². The average Bonchev–Trinajstić information content (AvgIpc) is 2.96. The molecule has 106 valence electrons. The number of aromatic nitrogens is 2. The standard InChI is InChI=1S/C15H10Br2N2O2/c16-11-6-2-1-5-10(11)15-19-18-14(21-15)9-20-13-8-4-3-7-12(13)17/h1-8H,9H2. The summed E-state index contributed by atoms with van der Waals surface area (Å²) in [7, 11) is 0. The molecule has 0 saturated heterocycles. The van der Waals surface area contributed by atoms with E-state index in [1.165, 1.54) is 0 Å².